The van der Waals surface area contributed by atoms with E-state index < -0.39 is 5.91 Å². The van der Waals surface area contributed by atoms with Gasteiger partial charge in [-0.2, -0.15) is 0 Å². The third kappa shape index (κ3) is 5.39. The lowest BCUT2D eigenvalue weighted by Crippen LogP contribution is -2.44. The minimum absolute atomic E-state index is 0.140. The van der Waals surface area contributed by atoms with E-state index in [1.54, 1.807) is 43.5 Å². The zero-order valence-corrected chi connectivity index (χ0v) is 15.6. The van der Waals surface area contributed by atoms with E-state index in [-0.39, 0.29) is 18.9 Å². The third-order valence-corrected chi connectivity index (χ3v) is 4.30. The van der Waals surface area contributed by atoms with Crippen molar-refractivity contribution in [3.63, 3.8) is 0 Å². The number of rotatable bonds is 6. The standard InChI is InChI=1S/C19H21ClN2O4/c1-12-13(2)17(9-8-16(12)20)26-11-19(24)22-21-18(23)10-14-4-6-15(25-3)7-5-14/h4-9H,10-11H2,1-3H3,(H,21,23)(H,22,24). The molecule has 6 nitrogen and oxygen atoms in total. The van der Waals surface area contributed by atoms with Crippen LogP contribution in [0.4, 0.5) is 0 Å². The van der Waals surface area contributed by atoms with E-state index in [0.717, 1.165) is 16.7 Å². The molecule has 0 unspecified atom stereocenters. The highest BCUT2D eigenvalue weighted by Gasteiger charge is 2.10. The molecule has 0 saturated carbocycles. The monoisotopic (exact) mass is 376 g/mol. The van der Waals surface area contributed by atoms with Crippen LogP contribution in [-0.4, -0.2) is 25.5 Å². The summed E-state index contributed by atoms with van der Waals surface area (Å²) >= 11 is 6.03. The Hall–Kier alpha value is -2.73. The van der Waals surface area contributed by atoms with Crippen LogP contribution < -0.4 is 20.3 Å². The lowest BCUT2D eigenvalue weighted by atomic mass is 10.1. The predicted octanol–water partition coefficient (Wildman–Crippen LogP) is 2.73. The second-order valence-corrected chi connectivity index (χ2v) is 6.11. The second-order valence-electron chi connectivity index (χ2n) is 5.71. The number of hydrogen-bond donors (Lipinski definition) is 2. The first-order chi connectivity index (χ1) is 12.4. The number of carbonyl (C=O) groups is 2. The first kappa shape index (κ1) is 19.6. The predicted molar refractivity (Wildman–Crippen MR) is 99.4 cm³/mol. The van der Waals surface area contributed by atoms with Gasteiger partial charge in [-0.3, -0.25) is 20.4 Å². The summed E-state index contributed by atoms with van der Waals surface area (Å²) in [4.78, 5) is 23.7. The summed E-state index contributed by atoms with van der Waals surface area (Å²) in [5.74, 6) is 0.501. The van der Waals surface area contributed by atoms with E-state index in [2.05, 4.69) is 10.9 Å². The summed E-state index contributed by atoms with van der Waals surface area (Å²) in [5, 5.41) is 0.644. The third-order valence-electron chi connectivity index (χ3n) is 3.90. The highest BCUT2D eigenvalue weighted by molar-refractivity contribution is 6.31. The summed E-state index contributed by atoms with van der Waals surface area (Å²) in [6.07, 6.45) is 0.140. The van der Waals surface area contributed by atoms with Gasteiger partial charge in [-0.15, -0.1) is 0 Å². The summed E-state index contributed by atoms with van der Waals surface area (Å²) in [5.41, 5.74) is 7.26. The molecule has 26 heavy (non-hydrogen) atoms. The zero-order valence-electron chi connectivity index (χ0n) is 14.9. The molecule has 2 rings (SSSR count). The smallest absolute Gasteiger partial charge is 0.276 e. The molecular weight excluding hydrogens is 356 g/mol. The average Bonchev–Trinajstić information content (AvgIpc) is 2.64. The minimum Gasteiger partial charge on any atom is -0.497 e. The molecule has 7 heteroatoms. The van der Waals surface area contributed by atoms with Gasteiger partial charge in [0.1, 0.15) is 11.5 Å². The van der Waals surface area contributed by atoms with Crippen molar-refractivity contribution in [2.45, 2.75) is 20.3 Å². The fourth-order valence-corrected chi connectivity index (χ4v) is 2.42. The van der Waals surface area contributed by atoms with Crippen LogP contribution in [0.25, 0.3) is 0 Å². The largest absolute Gasteiger partial charge is 0.497 e. The van der Waals surface area contributed by atoms with Gasteiger partial charge in [-0.05, 0) is 54.8 Å². The molecule has 2 aromatic rings. The Bertz CT molecular complexity index is 791. The van der Waals surface area contributed by atoms with Gasteiger partial charge in [0.25, 0.3) is 5.91 Å². The molecule has 0 saturated heterocycles. The Kier molecular flexibility index (Phi) is 6.86. The van der Waals surface area contributed by atoms with Gasteiger partial charge < -0.3 is 9.47 Å². The fraction of sp³-hybridized carbons (Fsp3) is 0.263. The van der Waals surface area contributed by atoms with Gasteiger partial charge in [0.05, 0.1) is 13.5 Å². The molecule has 138 valence electrons. The minimum atomic E-state index is -0.458. The topological polar surface area (TPSA) is 76.7 Å². The van der Waals surface area contributed by atoms with Crippen LogP contribution in [-0.2, 0) is 16.0 Å². The Morgan fingerprint density at radius 2 is 1.62 bits per heavy atom. The van der Waals surface area contributed by atoms with Crippen LogP contribution in [0.15, 0.2) is 36.4 Å². The first-order valence-electron chi connectivity index (χ1n) is 8.00. The van der Waals surface area contributed by atoms with Crippen molar-refractivity contribution in [1.29, 1.82) is 0 Å². The molecule has 2 N–H and O–H groups in total. The second kappa shape index (κ2) is 9.10. The fourth-order valence-electron chi connectivity index (χ4n) is 2.21. The number of methoxy groups -OCH3 is 1. The summed E-state index contributed by atoms with van der Waals surface area (Å²) in [7, 11) is 1.58. The lowest BCUT2D eigenvalue weighted by Gasteiger charge is -2.12. The molecule has 0 aliphatic carbocycles. The van der Waals surface area contributed by atoms with Gasteiger partial charge in [0.2, 0.25) is 5.91 Å². The van der Waals surface area contributed by atoms with Crippen molar-refractivity contribution in [3.05, 3.63) is 58.1 Å². The molecule has 0 aliphatic rings. The van der Waals surface area contributed by atoms with Crippen molar-refractivity contribution in [2.75, 3.05) is 13.7 Å². The summed E-state index contributed by atoms with van der Waals surface area (Å²) in [6.45, 7) is 3.53. The molecule has 0 atom stereocenters. The maximum atomic E-state index is 11.9. The van der Waals surface area contributed by atoms with E-state index >= 15 is 0 Å². The molecule has 0 aliphatic heterocycles. The van der Waals surface area contributed by atoms with Gasteiger partial charge in [-0.1, -0.05) is 23.7 Å². The summed E-state index contributed by atoms with van der Waals surface area (Å²) < 4.78 is 10.5. The zero-order chi connectivity index (χ0) is 19.1. The number of halogens is 1. The molecule has 0 bridgehead atoms. The van der Waals surface area contributed by atoms with Crippen LogP contribution in [0.5, 0.6) is 11.5 Å². The number of hydrazine groups is 1. The molecule has 2 aromatic carbocycles. The molecular formula is C19H21ClN2O4. The normalized spacial score (nSPS) is 10.2. The quantitative estimate of drug-likeness (QED) is 0.760. The van der Waals surface area contributed by atoms with Crippen molar-refractivity contribution in [1.82, 2.24) is 10.9 Å². The number of benzene rings is 2. The number of hydrogen-bond acceptors (Lipinski definition) is 4. The highest BCUT2D eigenvalue weighted by atomic mass is 35.5. The summed E-state index contributed by atoms with van der Waals surface area (Å²) in [6, 6.07) is 10.5. The molecule has 0 spiro atoms. The SMILES string of the molecule is COc1ccc(CC(=O)NNC(=O)COc2ccc(Cl)c(C)c2C)cc1. The molecule has 0 aromatic heterocycles. The van der Waals surface area contributed by atoms with E-state index in [1.807, 2.05) is 13.8 Å². The number of carbonyl (C=O) groups excluding carboxylic acids is 2. The molecule has 0 fully saturated rings. The van der Waals surface area contributed by atoms with Crippen LogP contribution >= 0.6 is 11.6 Å². The van der Waals surface area contributed by atoms with Crippen molar-refractivity contribution in [2.24, 2.45) is 0 Å². The number of ether oxygens (including phenoxy) is 2. The van der Waals surface area contributed by atoms with Crippen molar-refractivity contribution in [3.8, 4) is 11.5 Å². The average molecular weight is 377 g/mol. The number of amides is 2. The van der Waals surface area contributed by atoms with Crippen molar-refractivity contribution < 1.29 is 19.1 Å². The van der Waals surface area contributed by atoms with E-state index in [1.165, 1.54) is 0 Å². The Balaban J connectivity index is 1.77. The van der Waals surface area contributed by atoms with E-state index in [9.17, 15) is 9.59 Å². The molecule has 0 heterocycles. The van der Waals surface area contributed by atoms with Crippen LogP contribution in [0.1, 0.15) is 16.7 Å². The van der Waals surface area contributed by atoms with E-state index in [4.69, 9.17) is 21.1 Å². The molecule has 2 amide bonds. The van der Waals surface area contributed by atoms with E-state index in [0.29, 0.717) is 16.5 Å². The van der Waals surface area contributed by atoms with Gasteiger partial charge in [-0.25, -0.2) is 0 Å². The van der Waals surface area contributed by atoms with Crippen LogP contribution in [0.3, 0.4) is 0 Å². The van der Waals surface area contributed by atoms with Crippen LogP contribution in [0.2, 0.25) is 5.02 Å². The first-order valence-corrected chi connectivity index (χ1v) is 8.37. The number of nitrogens with one attached hydrogen (secondary N) is 2. The maximum absolute atomic E-state index is 11.9. The van der Waals surface area contributed by atoms with Crippen LogP contribution in [0, 0.1) is 13.8 Å². The highest BCUT2D eigenvalue weighted by Crippen LogP contribution is 2.27. The maximum Gasteiger partial charge on any atom is 0.276 e. The van der Waals surface area contributed by atoms with Gasteiger partial charge in [0, 0.05) is 5.02 Å². The van der Waals surface area contributed by atoms with Crippen molar-refractivity contribution >= 4 is 23.4 Å². The molecule has 0 radical (unpaired) electrons. The van der Waals surface area contributed by atoms with Gasteiger partial charge in [0.15, 0.2) is 6.61 Å². The lowest BCUT2D eigenvalue weighted by molar-refractivity contribution is -0.129. The Labute approximate surface area is 157 Å². The Morgan fingerprint density at radius 1 is 0.962 bits per heavy atom. The van der Waals surface area contributed by atoms with Gasteiger partial charge >= 0.3 is 0 Å². The Morgan fingerprint density at radius 3 is 2.27 bits per heavy atom.